The maximum Gasteiger partial charge on any atom is 0.234 e. The summed E-state index contributed by atoms with van der Waals surface area (Å²) < 4.78 is 15.2. The van der Waals surface area contributed by atoms with Gasteiger partial charge in [0.25, 0.3) is 0 Å². The third-order valence-electron chi connectivity index (χ3n) is 3.06. The molecule has 1 aromatic carbocycles. The first kappa shape index (κ1) is 21.5. The maximum absolute atomic E-state index is 11.6. The summed E-state index contributed by atoms with van der Waals surface area (Å²) in [6.45, 7) is 1.40. The molecule has 0 saturated carbocycles. The van der Waals surface area contributed by atoms with Crippen molar-refractivity contribution < 1.29 is 24.1 Å². The summed E-state index contributed by atoms with van der Waals surface area (Å²) in [7, 11) is 4.67. The molecule has 1 amide bonds. The molecule has 0 bridgehead atoms. The Hall–Kier alpha value is -1.54. The monoisotopic (exact) mass is 348 g/mol. The van der Waals surface area contributed by atoms with Gasteiger partial charge in [0, 0.05) is 25.8 Å². The minimum atomic E-state index is -0.882. The number of halogens is 1. The zero-order valence-corrected chi connectivity index (χ0v) is 14.4. The van der Waals surface area contributed by atoms with Crippen LogP contribution >= 0.6 is 12.4 Å². The molecular formula is C15H25ClN2O5. The Morgan fingerprint density at radius 2 is 2.00 bits per heavy atom. The Kier molecular flexibility index (Phi) is 11.2. The van der Waals surface area contributed by atoms with E-state index in [0.717, 1.165) is 0 Å². The van der Waals surface area contributed by atoms with Crippen LogP contribution in [0.3, 0.4) is 0 Å². The van der Waals surface area contributed by atoms with Crippen molar-refractivity contribution in [2.75, 3.05) is 47.6 Å². The third-order valence-corrected chi connectivity index (χ3v) is 3.06. The molecule has 0 heterocycles. The topological polar surface area (TPSA) is 89.1 Å². The van der Waals surface area contributed by atoms with Crippen molar-refractivity contribution in [2.45, 2.75) is 6.10 Å². The highest BCUT2D eigenvalue weighted by Gasteiger charge is 2.15. The second-order valence-electron chi connectivity index (χ2n) is 4.60. The highest BCUT2D eigenvalue weighted by atomic mass is 35.5. The van der Waals surface area contributed by atoms with Crippen molar-refractivity contribution in [3.63, 3.8) is 0 Å². The van der Waals surface area contributed by atoms with Gasteiger partial charge < -0.3 is 30.0 Å². The van der Waals surface area contributed by atoms with Gasteiger partial charge >= 0.3 is 0 Å². The Balaban J connectivity index is 0.00000484. The fraction of sp³-hybridized carbons (Fsp3) is 0.533. The van der Waals surface area contributed by atoms with Crippen LogP contribution in [-0.4, -0.2) is 58.6 Å². The minimum Gasteiger partial charge on any atom is -0.497 e. The van der Waals surface area contributed by atoms with Crippen LogP contribution in [-0.2, 0) is 9.53 Å². The fourth-order valence-corrected chi connectivity index (χ4v) is 1.86. The van der Waals surface area contributed by atoms with E-state index in [4.69, 9.17) is 14.2 Å². The van der Waals surface area contributed by atoms with Crippen LogP contribution in [0.5, 0.6) is 11.5 Å². The number of aliphatic hydroxyl groups is 1. The highest BCUT2D eigenvalue weighted by Crippen LogP contribution is 2.28. The average Bonchev–Trinajstić information content (AvgIpc) is 2.55. The second-order valence-corrected chi connectivity index (χ2v) is 4.60. The molecule has 0 aliphatic heterocycles. The highest BCUT2D eigenvalue weighted by molar-refractivity contribution is 5.85. The molecule has 8 heteroatoms. The van der Waals surface area contributed by atoms with E-state index >= 15 is 0 Å². The van der Waals surface area contributed by atoms with E-state index in [9.17, 15) is 9.90 Å². The molecule has 0 aromatic heterocycles. The van der Waals surface area contributed by atoms with Crippen LogP contribution in [0.2, 0.25) is 0 Å². The van der Waals surface area contributed by atoms with Gasteiger partial charge in [-0.2, -0.15) is 0 Å². The number of amides is 1. The quantitative estimate of drug-likeness (QED) is 0.534. The standard InChI is InChI=1S/C15H24N2O5.ClH/c1-20-7-6-16-10-15(19)17-9-13(18)12-8-11(21-2)4-5-14(12)22-3;/h4-5,8,13,16,18H,6-7,9-10H2,1-3H3,(H,17,19);1H. The zero-order chi connectivity index (χ0) is 16.4. The van der Waals surface area contributed by atoms with Gasteiger partial charge in [0.2, 0.25) is 5.91 Å². The van der Waals surface area contributed by atoms with E-state index in [1.807, 2.05) is 0 Å². The molecule has 132 valence electrons. The molecule has 1 unspecified atom stereocenters. The van der Waals surface area contributed by atoms with E-state index in [-0.39, 0.29) is 31.4 Å². The van der Waals surface area contributed by atoms with Crippen molar-refractivity contribution in [1.29, 1.82) is 0 Å². The van der Waals surface area contributed by atoms with Gasteiger partial charge in [0.1, 0.15) is 11.5 Å². The number of carbonyl (C=O) groups excluding carboxylic acids is 1. The summed E-state index contributed by atoms with van der Waals surface area (Å²) in [6.07, 6.45) is -0.882. The number of nitrogens with one attached hydrogen (secondary N) is 2. The number of aliphatic hydroxyl groups excluding tert-OH is 1. The van der Waals surface area contributed by atoms with Crippen molar-refractivity contribution >= 4 is 18.3 Å². The molecule has 23 heavy (non-hydrogen) atoms. The molecule has 0 radical (unpaired) electrons. The normalized spacial score (nSPS) is 11.3. The Labute approximate surface area is 142 Å². The Bertz CT molecular complexity index is 473. The zero-order valence-electron chi connectivity index (χ0n) is 13.6. The lowest BCUT2D eigenvalue weighted by molar-refractivity contribution is -0.120. The number of benzene rings is 1. The fourth-order valence-electron chi connectivity index (χ4n) is 1.86. The van der Waals surface area contributed by atoms with Crippen LogP contribution in [0.15, 0.2) is 18.2 Å². The maximum atomic E-state index is 11.6. The Morgan fingerprint density at radius 3 is 2.61 bits per heavy atom. The van der Waals surface area contributed by atoms with Gasteiger partial charge in [-0.1, -0.05) is 0 Å². The molecule has 0 fully saturated rings. The second kappa shape index (κ2) is 12.0. The number of hydrogen-bond donors (Lipinski definition) is 3. The van der Waals surface area contributed by atoms with E-state index in [2.05, 4.69) is 10.6 Å². The molecule has 0 aliphatic rings. The van der Waals surface area contributed by atoms with E-state index in [0.29, 0.717) is 30.2 Å². The van der Waals surface area contributed by atoms with Gasteiger partial charge in [-0.05, 0) is 18.2 Å². The van der Waals surface area contributed by atoms with Crippen LogP contribution in [0, 0.1) is 0 Å². The van der Waals surface area contributed by atoms with Gasteiger partial charge in [-0.25, -0.2) is 0 Å². The number of carbonyl (C=O) groups is 1. The summed E-state index contributed by atoms with van der Waals surface area (Å²) in [6, 6.07) is 5.14. The molecule has 0 spiro atoms. The summed E-state index contributed by atoms with van der Waals surface area (Å²) in [4.78, 5) is 11.6. The minimum absolute atomic E-state index is 0. The number of ether oxygens (including phenoxy) is 3. The molecule has 7 nitrogen and oxygen atoms in total. The lowest BCUT2D eigenvalue weighted by Crippen LogP contribution is -2.37. The SMILES string of the molecule is COCCNCC(=O)NCC(O)c1cc(OC)ccc1OC.Cl. The van der Waals surface area contributed by atoms with Crippen molar-refractivity contribution in [1.82, 2.24) is 10.6 Å². The number of hydrogen-bond acceptors (Lipinski definition) is 6. The van der Waals surface area contributed by atoms with Gasteiger partial charge in [0.15, 0.2) is 0 Å². The van der Waals surface area contributed by atoms with Crippen molar-refractivity contribution in [3.05, 3.63) is 23.8 Å². The van der Waals surface area contributed by atoms with Crippen LogP contribution < -0.4 is 20.1 Å². The molecule has 1 rings (SSSR count). The summed E-state index contributed by atoms with van der Waals surface area (Å²) in [5, 5.41) is 15.8. The van der Waals surface area contributed by atoms with E-state index in [1.165, 1.54) is 7.11 Å². The first-order valence-corrected chi connectivity index (χ1v) is 6.98. The van der Waals surface area contributed by atoms with E-state index < -0.39 is 6.10 Å². The Morgan fingerprint density at radius 1 is 1.26 bits per heavy atom. The van der Waals surface area contributed by atoms with Crippen LogP contribution in [0.25, 0.3) is 0 Å². The van der Waals surface area contributed by atoms with Crippen molar-refractivity contribution in [3.8, 4) is 11.5 Å². The molecular weight excluding hydrogens is 324 g/mol. The first-order valence-electron chi connectivity index (χ1n) is 6.98. The van der Waals surface area contributed by atoms with Crippen LogP contribution in [0.4, 0.5) is 0 Å². The smallest absolute Gasteiger partial charge is 0.234 e. The molecule has 3 N–H and O–H groups in total. The summed E-state index contributed by atoms with van der Waals surface area (Å²) >= 11 is 0. The molecule has 1 aromatic rings. The van der Waals surface area contributed by atoms with Gasteiger partial charge in [-0.15, -0.1) is 12.4 Å². The van der Waals surface area contributed by atoms with Crippen LogP contribution in [0.1, 0.15) is 11.7 Å². The van der Waals surface area contributed by atoms with Gasteiger partial charge in [0.05, 0.1) is 33.5 Å². The number of rotatable bonds is 10. The molecule has 0 aliphatic carbocycles. The average molecular weight is 349 g/mol. The van der Waals surface area contributed by atoms with Gasteiger partial charge in [-0.3, -0.25) is 4.79 Å². The summed E-state index contributed by atoms with van der Waals surface area (Å²) in [5.74, 6) is 0.959. The predicted octanol–water partition coefficient (Wildman–Crippen LogP) is 0.511. The molecule has 1 atom stereocenters. The largest absolute Gasteiger partial charge is 0.497 e. The van der Waals surface area contributed by atoms with E-state index in [1.54, 1.807) is 32.4 Å². The third kappa shape index (κ3) is 7.51. The molecule has 0 saturated heterocycles. The lowest BCUT2D eigenvalue weighted by Gasteiger charge is -2.16. The first-order chi connectivity index (χ1) is 10.6. The summed E-state index contributed by atoms with van der Waals surface area (Å²) in [5.41, 5.74) is 0.564. The predicted molar refractivity (Wildman–Crippen MR) is 89.5 cm³/mol. The number of methoxy groups -OCH3 is 3. The van der Waals surface area contributed by atoms with Crippen molar-refractivity contribution in [2.24, 2.45) is 0 Å². The lowest BCUT2D eigenvalue weighted by atomic mass is 10.1.